The van der Waals surface area contributed by atoms with Gasteiger partial charge >= 0.3 is 0 Å². The van der Waals surface area contributed by atoms with Gasteiger partial charge in [0.2, 0.25) is 0 Å². The minimum atomic E-state index is 0.345. The first-order valence-corrected chi connectivity index (χ1v) is 2.83. The van der Waals surface area contributed by atoms with Gasteiger partial charge in [0.15, 0.2) is 0 Å². The standard InChI is InChI=1S/C5H13N3/c6-3-1-5(8)2-4-7/h3,5-6H,1-2,4,7-8H2/p+1. The summed E-state index contributed by atoms with van der Waals surface area (Å²) in [5.41, 5.74) is 9.03. The van der Waals surface area contributed by atoms with Crippen molar-refractivity contribution in [2.75, 3.05) is 6.54 Å². The van der Waals surface area contributed by atoms with Crippen LogP contribution in [0.3, 0.4) is 0 Å². The minimum absolute atomic E-state index is 0.345. The third-order valence-electron chi connectivity index (χ3n) is 1.03. The smallest absolute Gasteiger partial charge is 0.0905 e. The van der Waals surface area contributed by atoms with Gasteiger partial charge in [0.05, 0.1) is 6.04 Å². The highest BCUT2D eigenvalue weighted by atomic mass is 14.6. The van der Waals surface area contributed by atoms with Crippen LogP contribution < -0.4 is 11.5 Å². The Labute approximate surface area is 49.6 Å². The Kier molecular flexibility index (Phi) is 4.50. The van der Waals surface area contributed by atoms with Gasteiger partial charge in [-0.05, 0) is 6.54 Å². The molecule has 0 fully saturated rings. The minimum Gasteiger partial charge on any atom is -0.355 e. The van der Waals surface area contributed by atoms with E-state index in [1.807, 2.05) is 0 Å². The topological polar surface area (TPSA) is 77.5 Å². The van der Waals surface area contributed by atoms with Gasteiger partial charge in [-0.2, -0.15) is 0 Å². The Bertz CT molecular complexity index is 62.7. The van der Waals surface area contributed by atoms with Crippen LogP contribution in [-0.2, 0) is 0 Å². The van der Waals surface area contributed by atoms with E-state index in [2.05, 4.69) is 5.73 Å². The normalized spacial score (nSPS) is 13.2. The van der Waals surface area contributed by atoms with E-state index < -0.39 is 0 Å². The molecule has 0 saturated carbocycles. The molecule has 6 N–H and O–H groups in total. The molecule has 0 rings (SSSR count). The quantitative estimate of drug-likeness (QED) is 0.404. The van der Waals surface area contributed by atoms with Crippen molar-refractivity contribution in [2.24, 2.45) is 5.73 Å². The fraction of sp³-hybridized carbons (Fsp3) is 0.800. The second kappa shape index (κ2) is 4.74. The number of nitrogens with one attached hydrogen (secondary N) is 1. The Morgan fingerprint density at radius 2 is 2.38 bits per heavy atom. The lowest BCUT2D eigenvalue weighted by molar-refractivity contribution is -0.417. The number of quaternary nitrogens is 1. The Morgan fingerprint density at radius 3 is 2.75 bits per heavy atom. The zero-order chi connectivity index (χ0) is 6.41. The lowest BCUT2D eigenvalue weighted by atomic mass is 10.2. The first kappa shape index (κ1) is 7.59. The number of hydrogen-bond donors (Lipinski definition) is 3. The highest BCUT2D eigenvalue weighted by molar-refractivity contribution is 5.53. The van der Waals surface area contributed by atoms with Crippen LogP contribution >= 0.6 is 0 Å². The molecule has 0 saturated heterocycles. The average Bonchev–Trinajstić information content (AvgIpc) is 1.68. The van der Waals surface area contributed by atoms with E-state index in [0.29, 0.717) is 12.6 Å². The van der Waals surface area contributed by atoms with Crippen LogP contribution in [0.2, 0.25) is 0 Å². The van der Waals surface area contributed by atoms with Crippen LogP contribution in [0.15, 0.2) is 0 Å². The first-order valence-electron chi connectivity index (χ1n) is 2.83. The lowest BCUT2D eigenvalue weighted by Gasteiger charge is -1.99. The van der Waals surface area contributed by atoms with Crippen molar-refractivity contribution in [3.8, 4) is 0 Å². The van der Waals surface area contributed by atoms with E-state index >= 15 is 0 Å². The van der Waals surface area contributed by atoms with E-state index in [-0.39, 0.29) is 0 Å². The molecule has 1 unspecified atom stereocenters. The Hall–Kier alpha value is -0.410. The molecule has 0 spiro atoms. The fourth-order valence-corrected chi connectivity index (χ4v) is 0.520. The maximum Gasteiger partial charge on any atom is 0.0905 e. The summed E-state index contributed by atoms with van der Waals surface area (Å²) in [5.74, 6) is 0. The van der Waals surface area contributed by atoms with Crippen LogP contribution in [0.25, 0.3) is 0 Å². The molecule has 0 bridgehead atoms. The third-order valence-corrected chi connectivity index (χ3v) is 1.03. The van der Waals surface area contributed by atoms with E-state index in [1.165, 1.54) is 6.21 Å². The summed E-state index contributed by atoms with van der Waals surface area (Å²) in [5, 5.41) is 6.71. The Balaban J connectivity index is 3.03. The third kappa shape index (κ3) is 3.77. The summed E-state index contributed by atoms with van der Waals surface area (Å²) in [6, 6.07) is 0.345. The van der Waals surface area contributed by atoms with E-state index in [1.54, 1.807) is 0 Å². The predicted octanol–water partition coefficient (Wildman–Crippen LogP) is -1.01. The van der Waals surface area contributed by atoms with Gasteiger partial charge in [0.25, 0.3) is 0 Å². The van der Waals surface area contributed by atoms with Crippen molar-refractivity contribution in [1.82, 2.24) is 0 Å². The van der Waals surface area contributed by atoms with Gasteiger partial charge in [-0.15, -0.1) is 0 Å². The van der Waals surface area contributed by atoms with E-state index in [9.17, 15) is 0 Å². The molecule has 0 aromatic rings. The van der Waals surface area contributed by atoms with Crippen LogP contribution in [-0.4, -0.2) is 18.8 Å². The molecule has 1 atom stereocenters. The van der Waals surface area contributed by atoms with Gasteiger partial charge in [0.1, 0.15) is 0 Å². The van der Waals surface area contributed by atoms with Gasteiger partial charge in [-0.25, -0.2) is 0 Å². The van der Waals surface area contributed by atoms with Gasteiger partial charge in [-0.1, -0.05) is 0 Å². The van der Waals surface area contributed by atoms with Crippen molar-refractivity contribution in [3.63, 3.8) is 0 Å². The lowest BCUT2D eigenvalue weighted by Crippen LogP contribution is -2.61. The summed E-state index contributed by atoms with van der Waals surface area (Å²) in [6.45, 7) is 0.683. The molecular formula is C5H14N3+. The molecule has 0 heterocycles. The van der Waals surface area contributed by atoms with Crippen molar-refractivity contribution < 1.29 is 5.73 Å². The molecule has 0 aliphatic carbocycles. The predicted molar refractivity (Wildman–Crippen MR) is 33.7 cm³/mol. The van der Waals surface area contributed by atoms with Crippen molar-refractivity contribution in [3.05, 3.63) is 0 Å². The second-order valence-electron chi connectivity index (χ2n) is 1.88. The molecule has 0 aliphatic heterocycles. The van der Waals surface area contributed by atoms with Crippen LogP contribution in [0.5, 0.6) is 0 Å². The molecule has 3 nitrogen and oxygen atoms in total. The molecule has 48 valence electrons. The molecule has 0 aromatic heterocycles. The first-order chi connectivity index (χ1) is 3.81. The molecule has 0 amide bonds. The average molecular weight is 116 g/mol. The van der Waals surface area contributed by atoms with Crippen molar-refractivity contribution >= 4 is 6.21 Å². The maximum absolute atomic E-state index is 6.71. The summed E-state index contributed by atoms with van der Waals surface area (Å²) in [4.78, 5) is 0. The van der Waals surface area contributed by atoms with Gasteiger partial charge in [-0.3, -0.25) is 0 Å². The molecule has 0 aliphatic rings. The largest absolute Gasteiger partial charge is 0.355 e. The number of nitrogens with two attached hydrogens (primary N) is 1. The zero-order valence-electron chi connectivity index (χ0n) is 5.06. The Morgan fingerprint density at radius 1 is 1.75 bits per heavy atom. The molecule has 0 aromatic carbocycles. The zero-order valence-corrected chi connectivity index (χ0v) is 5.06. The number of rotatable bonds is 4. The summed E-state index contributed by atoms with van der Waals surface area (Å²) < 4.78 is 0. The summed E-state index contributed by atoms with van der Waals surface area (Å²) in [6.07, 6.45) is 3.07. The highest BCUT2D eigenvalue weighted by Gasteiger charge is 1.99. The SMILES string of the molecule is N=CCC([NH3+])CCN. The summed E-state index contributed by atoms with van der Waals surface area (Å²) >= 11 is 0. The second-order valence-corrected chi connectivity index (χ2v) is 1.88. The molecular weight excluding hydrogens is 102 g/mol. The molecule has 3 heteroatoms. The van der Waals surface area contributed by atoms with Crippen LogP contribution in [0.1, 0.15) is 12.8 Å². The fourth-order valence-electron chi connectivity index (χ4n) is 0.520. The van der Waals surface area contributed by atoms with Crippen LogP contribution in [0, 0.1) is 5.41 Å². The van der Waals surface area contributed by atoms with E-state index in [0.717, 1.165) is 12.8 Å². The molecule has 8 heavy (non-hydrogen) atoms. The van der Waals surface area contributed by atoms with Crippen molar-refractivity contribution in [2.45, 2.75) is 18.9 Å². The van der Waals surface area contributed by atoms with E-state index in [4.69, 9.17) is 11.1 Å². The highest BCUT2D eigenvalue weighted by Crippen LogP contribution is 1.84. The van der Waals surface area contributed by atoms with Gasteiger partial charge in [0, 0.05) is 19.1 Å². The number of hydrogen-bond acceptors (Lipinski definition) is 2. The summed E-state index contributed by atoms with van der Waals surface area (Å²) in [7, 11) is 0. The molecule has 0 radical (unpaired) electrons. The maximum atomic E-state index is 6.71. The van der Waals surface area contributed by atoms with Crippen molar-refractivity contribution in [1.29, 1.82) is 5.41 Å². The van der Waals surface area contributed by atoms with Gasteiger partial charge < -0.3 is 16.9 Å². The van der Waals surface area contributed by atoms with Crippen LogP contribution in [0.4, 0.5) is 0 Å². The monoisotopic (exact) mass is 116 g/mol.